The molecule has 0 radical (unpaired) electrons. The Morgan fingerprint density at radius 1 is 1.39 bits per heavy atom. The second-order valence-corrected chi connectivity index (χ2v) is 3.62. The topological polar surface area (TPSA) is 73.1 Å². The molecule has 0 heterocycles. The third-order valence-corrected chi connectivity index (χ3v) is 2.30. The van der Waals surface area contributed by atoms with E-state index < -0.39 is 30.9 Å². The second kappa shape index (κ2) is 6.67. The van der Waals surface area contributed by atoms with E-state index in [9.17, 15) is 13.6 Å². The van der Waals surface area contributed by atoms with Gasteiger partial charge in [-0.1, -0.05) is 30.3 Å². The molecule has 1 rings (SSSR count). The molecule has 0 aliphatic carbocycles. The van der Waals surface area contributed by atoms with Crippen molar-refractivity contribution in [1.82, 2.24) is 5.32 Å². The van der Waals surface area contributed by atoms with E-state index in [1.165, 1.54) is 0 Å². The number of hydrogen-bond donors (Lipinski definition) is 2. The summed E-state index contributed by atoms with van der Waals surface area (Å²) in [5.41, 5.74) is 0.476. The minimum Gasteiger partial charge on any atom is -0.385 e. The van der Waals surface area contributed by atoms with Gasteiger partial charge >= 0.3 is 0 Å². The number of amides is 1. The first-order chi connectivity index (χ1) is 8.56. The highest BCUT2D eigenvalue weighted by molar-refractivity contribution is 5.86. The molecule has 0 spiro atoms. The SMILES string of the molecule is N#CC(C(=O)NCC(O)C(F)F)c1ccccc1. The number of carbonyl (C=O) groups is 1. The highest BCUT2D eigenvalue weighted by Gasteiger charge is 2.22. The minimum atomic E-state index is -2.93. The van der Waals surface area contributed by atoms with E-state index in [2.05, 4.69) is 5.32 Å². The molecular weight excluding hydrogens is 242 g/mol. The van der Waals surface area contributed by atoms with Crippen LogP contribution in [0.3, 0.4) is 0 Å². The van der Waals surface area contributed by atoms with Gasteiger partial charge in [0.2, 0.25) is 5.91 Å². The number of carbonyl (C=O) groups excluding carboxylic acids is 1. The van der Waals surface area contributed by atoms with E-state index in [0.717, 1.165) is 0 Å². The fourth-order valence-electron chi connectivity index (χ4n) is 1.33. The first kappa shape index (κ1) is 14.1. The zero-order chi connectivity index (χ0) is 13.5. The molecule has 2 N–H and O–H groups in total. The lowest BCUT2D eigenvalue weighted by Gasteiger charge is -2.13. The Kier molecular flexibility index (Phi) is 5.21. The summed E-state index contributed by atoms with van der Waals surface area (Å²) in [7, 11) is 0. The van der Waals surface area contributed by atoms with Crippen molar-refractivity contribution >= 4 is 5.91 Å². The minimum absolute atomic E-state index is 0.476. The maximum atomic E-state index is 12.0. The molecule has 1 aromatic carbocycles. The molecule has 2 unspecified atom stereocenters. The van der Waals surface area contributed by atoms with Crippen LogP contribution in [0.15, 0.2) is 30.3 Å². The summed E-state index contributed by atoms with van der Waals surface area (Å²) in [5.74, 6) is -1.78. The Morgan fingerprint density at radius 2 is 2.00 bits per heavy atom. The van der Waals surface area contributed by atoms with Crippen LogP contribution in [0.1, 0.15) is 11.5 Å². The van der Waals surface area contributed by atoms with Crippen molar-refractivity contribution in [1.29, 1.82) is 5.26 Å². The molecule has 96 valence electrons. The predicted molar refractivity (Wildman–Crippen MR) is 59.8 cm³/mol. The quantitative estimate of drug-likeness (QED) is 0.824. The largest absolute Gasteiger partial charge is 0.385 e. The molecule has 0 saturated heterocycles. The third-order valence-electron chi connectivity index (χ3n) is 2.30. The molecule has 0 aliphatic rings. The van der Waals surface area contributed by atoms with Gasteiger partial charge in [-0.05, 0) is 5.56 Å². The molecule has 2 atom stereocenters. The number of alkyl halides is 2. The summed E-state index contributed by atoms with van der Waals surface area (Å²) in [6.07, 6.45) is -4.85. The fourth-order valence-corrected chi connectivity index (χ4v) is 1.33. The summed E-state index contributed by atoms with van der Waals surface area (Å²) in [4.78, 5) is 11.6. The van der Waals surface area contributed by atoms with Gasteiger partial charge in [-0.3, -0.25) is 4.79 Å². The number of nitrogens with one attached hydrogen (secondary N) is 1. The van der Waals surface area contributed by atoms with E-state index in [-0.39, 0.29) is 0 Å². The van der Waals surface area contributed by atoms with Crippen LogP contribution in [-0.4, -0.2) is 30.1 Å². The lowest BCUT2D eigenvalue weighted by atomic mass is 10.00. The molecule has 4 nitrogen and oxygen atoms in total. The molecule has 0 saturated carbocycles. The van der Waals surface area contributed by atoms with Crippen LogP contribution in [0.25, 0.3) is 0 Å². The smallest absolute Gasteiger partial charge is 0.265 e. The summed E-state index contributed by atoms with van der Waals surface area (Å²) < 4.78 is 24.0. The van der Waals surface area contributed by atoms with E-state index in [0.29, 0.717) is 5.56 Å². The van der Waals surface area contributed by atoms with Crippen LogP contribution in [0.5, 0.6) is 0 Å². The molecular formula is C12H12F2N2O2. The highest BCUT2D eigenvalue weighted by Crippen LogP contribution is 2.14. The summed E-state index contributed by atoms with van der Waals surface area (Å²) >= 11 is 0. The maximum absolute atomic E-state index is 12.0. The highest BCUT2D eigenvalue weighted by atomic mass is 19.3. The molecule has 0 aliphatic heterocycles. The number of hydrogen-bond acceptors (Lipinski definition) is 3. The van der Waals surface area contributed by atoms with Gasteiger partial charge in [0, 0.05) is 6.54 Å². The Morgan fingerprint density at radius 3 is 2.50 bits per heavy atom. The molecule has 0 bridgehead atoms. The van der Waals surface area contributed by atoms with Crippen molar-refractivity contribution in [3.8, 4) is 6.07 Å². The van der Waals surface area contributed by atoms with Crippen molar-refractivity contribution in [3.05, 3.63) is 35.9 Å². The van der Waals surface area contributed by atoms with Gasteiger partial charge in [0.1, 0.15) is 12.0 Å². The van der Waals surface area contributed by atoms with Crippen LogP contribution in [0.2, 0.25) is 0 Å². The number of rotatable bonds is 5. The number of nitrogens with zero attached hydrogens (tertiary/aromatic N) is 1. The van der Waals surface area contributed by atoms with Crippen molar-refractivity contribution < 1.29 is 18.7 Å². The Hall–Kier alpha value is -2.00. The van der Waals surface area contributed by atoms with Crippen LogP contribution in [0.4, 0.5) is 8.78 Å². The number of aliphatic hydroxyl groups excluding tert-OH is 1. The second-order valence-electron chi connectivity index (χ2n) is 3.62. The maximum Gasteiger partial charge on any atom is 0.265 e. The van der Waals surface area contributed by atoms with Crippen molar-refractivity contribution in [2.75, 3.05) is 6.54 Å². The Labute approximate surface area is 103 Å². The fraction of sp³-hybridized carbons (Fsp3) is 0.333. The zero-order valence-electron chi connectivity index (χ0n) is 9.38. The van der Waals surface area contributed by atoms with Crippen molar-refractivity contribution in [3.63, 3.8) is 0 Å². The summed E-state index contributed by atoms with van der Waals surface area (Å²) in [6, 6.07) is 10.0. The first-order valence-electron chi connectivity index (χ1n) is 5.24. The van der Waals surface area contributed by atoms with E-state index in [1.54, 1.807) is 36.4 Å². The average Bonchev–Trinajstić information content (AvgIpc) is 2.38. The molecule has 0 fully saturated rings. The lowest BCUT2D eigenvalue weighted by molar-refractivity contribution is -0.122. The van der Waals surface area contributed by atoms with Crippen molar-refractivity contribution in [2.24, 2.45) is 0 Å². The first-order valence-corrected chi connectivity index (χ1v) is 5.24. The predicted octanol–water partition coefficient (Wildman–Crippen LogP) is 1.04. The standard InChI is InChI=1S/C12H12F2N2O2/c13-11(14)10(17)7-16-12(18)9(6-15)8-4-2-1-3-5-8/h1-5,9-11,17H,7H2,(H,16,18). The van der Waals surface area contributed by atoms with Gasteiger partial charge in [-0.25, -0.2) is 8.78 Å². The van der Waals surface area contributed by atoms with Crippen molar-refractivity contribution in [2.45, 2.75) is 18.4 Å². The number of nitriles is 1. The number of halogens is 2. The average molecular weight is 254 g/mol. The molecule has 1 amide bonds. The monoisotopic (exact) mass is 254 g/mol. The Balaban J connectivity index is 2.62. The van der Waals surface area contributed by atoms with Crippen LogP contribution >= 0.6 is 0 Å². The van der Waals surface area contributed by atoms with Crippen LogP contribution in [-0.2, 0) is 4.79 Å². The number of benzene rings is 1. The van der Waals surface area contributed by atoms with E-state index in [1.807, 2.05) is 0 Å². The van der Waals surface area contributed by atoms with Crippen LogP contribution in [0, 0.1) is 11.3 Å². The van der Waals surface area contributed by atoms with E-state index in [4.69, 9.17) is 10.4 Å². The number of aliphatic hydroxyl groups is 1. The molecule has 6 heteroatoms. The van der Waals surface area contributed by atoms with Gasteiger partial charge < -0.3 is 10.4 Å². The lowest BCUT2D eigenvalue weighted by Crippen LogP contribution is -2.38. The normalized spacial score (nSPS) is 13.7. The van der Waals surface area contributed by atoms with E-state index >= 15 is 0 Å². The van der Waals surface area contributed by atoms with Gasteiger partial charge in [0.15, 0.2) is 0 Å². The molecule has 0 aromatic heterocycles. The van der Waals surface area contributed by atoms with Gasteiger partial charge in [0.25, 0.3) is 6.43 Å². The molecule has 1 aromatic rings. The van der Waals surface area contributed by atoms with Crippen LogP contribution < -0.4 is 5.32 Å². The van der Waals surface area contributed by atoms with Gasteiger partial charge in [-0.15, -0.1) is 0 Å². The third kappa shape index (κ3) is 3.79. The summed E-state index contributed by atoms with van der Waals surface area (Å²) in [5, 5.41) is 19.9. The zero-order valence-corrected chi connectivity index (χ0v) is 9.38. The Bertz CT molecular complexity index is 431. The summed E-state index contributed by atoms with van der Waals surface area (Å²) in [6.45, 7) is -0.582. The van der Waals surface area contributed by atoms with Gasteiger partial charge in [0.05, 0.1) is 6.07 Å². The van der Waals surface area contributed by atoms with Gasteiger partial charge in [-0.2, -0.15) is 5.26 Å². The molecule has 18 heavy (non-hydrogen) atoms.